The molecule has 1 heterocycles. The largest absolute Gasteiger partial charge is 0.473 e. The number of benzene rings is 3. The second-order valence-electron chi connectivity index (χ2n) is 6.95. The molecule has 31 heavy (non-hydrogen) atoms. The molecule has 1 aliphatic rings. The van der Waals surface area contributed by atoms with Crippen molar-refractivity contribution in [2.75, 3.05) is 13.2 Å². The molecule has 4 rings (SSSR count). The Bertz CT molecular complexity index is 1050. The summed E-state index contributed by atoms with van der Waals surface area (Å²) in [5.74, 6) is 0.722. The standard InChI is InChI=1S/C25H25O4PS/c1-3-27-30(26,28-4-2)31-24-19-25(20-13-7-5-8-14-20,21-15-9-6-10-16-21)29-23-18-12-11-17-22(23)24/h5-19H,3-4H2,1-2H3. The Hall–Kier alpha value is -2.30. The Balaban J connectivity index is 1.92. The van der Waals surface area contributed by atoms with E-state index in [1.54, 1.807) is 0 Å². The molecule has 6 heteroatoms. The van der Waals surface area contributed by atoms with Gasteiger partial charge in [0, 0.05) is 21.6 Å². The smallest absolute Gasteiger partial charge is 0.393 e. The maximum Gasteiger partial charge on any atom is 0.393 e. The lowest BCUT2D eigenvalue weighted by molar-refractivity contribution is 0.160. The Kier molecular flexibility index (Phi) is 6.68. The van der Waals surface area contributed by atoms with Crippen LogP contribution in [0, 0.1) is 0 Å². The SMILES string of the molecule is CCOP(=O)(OCC)SC1=CC(c2ccccc2)(c2ccccc2)Oc2ccccc21. The molecule has 1 aliphatic heterocycles. The van der Waals surface area contributed by atoms with Gasteiger partial charge < -0.3 is 13.8 Å². The predicted molar refractivity (Wildman–Crippen MR) is 127 cm³/mol. The number of rotatable bonds is 8. The molecule has 0 N–H and O–H groups in total. The first kappa shape index (κ1) is 21.9. The molecule has 0 spiro atoms. The number of ether oxygens (including phenoxy) is 1. The second kappa shape index (κ2) is 9.46. The minimum Gasteiger partial charge on any atom is -0.473 e. The van der Waals surface area contributed by atoms with Crippen molar-refractivity contribution >= 4 is 23.1 Å². The molecule has 4 nitrogen and oxygen atoms in total. The summed E-state index contributed by atoms with van der Waals surface area (Å²) in [6.45, 7) is 0.850. The van der Waals surface area contributed by atoms with Crippen molar-refractivity contribution in [3.63, 3.8) is 0 Å². The molecule has 0 atom stereocenters. The maximum atomic E-state index is 13.4. The van der Waals surface area contributed by atoms with E-state index in [1.807, 2.05) is 105 Å². The zero-order valence-electron chi connectivity index (χ0n) is 17.6. The summed E-state index contributed by atoms with van der Waals surface area (Å²) in [6, 6.07) is 27.9. The summed E-state index contributed by atoms with van der Waals surface area (Å²) in [4.78, 5) is 0.805. The van der Waals surface area contributed by atoms with Crippen LogP contribution < -0.4 is 4.74 Å². The fraction of sp³-hybridized carbons (Fsp3) is 0.200. The van der Waals surface area contributed by atoms with Crippen LogP contribution in [0.5, 0.6) is 5.75 Å². The maximum absolute atomic E-state index is 13.4. The molecular weight excluding hydrogens is 427 g/mol. The van der Waals surface area contributed by atoms with Gasteiger partial charge in [0.1, 0.15) is 5.75 Å². The van der Waals surface area contributed by atoms with E-state index in [4.69, 9.17) is 13.8 Å². The van der Waals surface area contributed by atoms with E-state index >= 15 is 0 Å². The monoisotopic (exact) mass is 452 g/mol. The van der Waals surface area contributed by atoms with E-state index in [2.05, 4.69) is 0 Å². The summed E-state index contributed by atoms with van der Waals surface area (Å²) < 4.78 is 31.3. The fourth-order valence-electron chi connectivity index (χ4n) is 3.65. The molecule has 0 saturated heterocycles. The summed E-state index contributed by atoms with van der Waals surface area (Å²) in [6.07, 6.45) is 2.04. The van der Waals surface area contributed by atoms with Crippen molar-refractivity contribution in [3.8, 4) is 5.75 Å². The summed E-state index contributed by atoms with van der Waals surface area (Å²) in [7, 11) is 0. The molecule has 3 aromatic rings. The molecule has 0 aromatic heterocycles. The molecule has 0 fully saturated rings. The van der Waals surface area contributed by atoms with Gasteiger partial charge in [-0.05, 0) is 37.4 Å². The van der Waals surface area contributed by atoms with Gasteiger partial charge in [-0.1, -0.05) is 78.9 Å². The third-order valence-corrected chi connectivity index (χ3v) is 8.75. The van der Waals surface area contributed by atoms with Gasteiger partial charge in [0.05, 0.1) is 13.2 Å². The second-order valence-corrected chi connectivity index (χ2v) is 10.9. The van der Waals surface area contributed by atoms with Gasteiger partial charge in [-0.15, -0.1) is 0 Å². The Labute approximate surface area is 187 Å². The zero-order valence-corrected chi connectivity index (χ0v) is 19.3. The van der Waals surface area contributed by atoms with Crippen molar-refractivity contribution < 1.29 is 18.3 Å². The molecule has 0 bridgehead atoms. The van der Waals surface area contributed by atoms with E-state index in [0.29, 0.717) is 13.2 Å². The van der Waals surface area contributed by atoms with Crippen LogP contribution >= 0.6 is 18.2 Å². The van der Waals surface area contributed by atoms with Crippen LogP contribution in [0.1, 0.15) is 30.5 Å². The van der Waals surface area contributed by atoms with Crippen molar-refractivity contribution in [2.45, 2.75) is 19.4 Å². The van der Waals surface area contributed by atoms with Gasteiger partial charge in [-0.3, -0.25) is 0 Å². The fourth-order valence-corrected chi connectivity index (χ4v) is 7.31. The van der Waals surface area contributed by atoms with Crippen molar-refractivity contribution in [1.82, 2.24) is 0 Å². The quantitative estimate of drug-likeness (QED) is 0.336. The zero-order chi connectivity index (χ0) is 21.7. The number of para-hydroxylation sites is 1. The Morgan fingerprint density at radius 1 is 0.806 bits per heavy atom. The number of hydrogen-bond donors (Lipinski definition) is 0. The van der Waals surface area contributed by atoms with Crippen LogP contribution in [-0.2, 0) is 19.2 Å². The lowest BCUT2D eigenvalue weighted by Crippen LogP contribution is -2.35. The van der Waals surface area contributed by atoms with Crippen LogP contribution in [0.25, 0.3) is 4.91 Å². The average Bonchev–Trinajstić information content (AvgIpc) is 2.80. The van der Waals surface area contributed by atoms with Crippen molar-refractivity contribution in [1.29, 1.82) is 0 Å². The number of fused-ring (bicyclic) bond motifs is 1. The summed E-state index contributed by atoms with van der Waals surface area (Å²) in [5, 5.41) is 0. The molecule has 160 valence electrons. The van der Waals surface area contributed by atoms with Gasteiger partial charge in [-0.2, -0.15) is 0 Å². The normalized spacial score (nSPS) is 15.0. The highest BCUT2D eigenvalue weighted by Crippen LogP contribution is 2.67. The molecule has 0 amide bonds. The van der Waals surface area contributed by atoms with Crippen molar-refractivity contribution in [3.05, 3.63) is 108 Å². The van der Waals surface area contributed by atoms with Gasteiger partial charge in [0.2, 0.25) is 0 Å². The molecule has 3 aromatic carbocycles. The molecule has 0 saturated carbocycles. The predicted octanol–water partition coefficient (Wildman–Crippen LogP) is 7.28. The van der Waals surface area contributed by atoms with Crippen LogP contribution in [-0.4, -0.2) is 13.2 Å². The van der Waals surface area contributed by atoms with Gasteiger partial charge in [-0.25, -0.2) is 4.57 Å². The molecular formula is C25H25O4PS. The van der Waals surface area contributed by atoms with E-state index in [-0.39, 0.29) is 0 Å². The van der Waals surface area contributed by atoms with E-state index in [0.717, 1.165) is 38.7 Å². The third kappa shape index (κ3) is 4.51. The highest BCUT2D eigenvalue weighted by atomic mass is 32.7. The third-order valence-electron chi connectivity index (χ3n) is 4.95. The van der Waals surface area contributed by atoms with E-state index in [9.17, 15) is 4.57 Å². The van der Waals surface area contributed by atoms with Gasteiger partial charge in [0.25, 0.3) is 0 Å². The molecule has 0 unspecified atom stereocenters. The van der Waals surface area contributed by atoms with Crippen LogP contribution in [0.3, 0.4) is 0 Å². The van der Waals surface area contributed by atoms with Gasteiger partial charge in [0.15, 0.2) is 5.60 Å². The lowest BCUT2D eigenvalue weighted by atomic mass is 9.83. The van der Waals surface area contributed by atoms with Crippen LogP contribution in [0.15, 0.2) is 91.0 Å². The average molecular weight is 453 g/mol. The summed E-state index contributed by atoms with van der Waals surface area (Å²) in [5.41, 5.74) is 1.96. The Morgan fingerprint density at radius 3 is 1.87 bits per heavy atom. The van der Waals surface area contributed by atoms with E-state index < -0.39 is 12.4 Å². The minimum atomic E-state index is -3.39. The molecule has 0 aliphatic carbocycles. The molecule has 0 radical (unpaired) electrons. The van der Waals surface area contributed by atoms with Gasteiger partial charge >= 0.3 is 6.80 Å². The lowest BCUT2D eigenvalue weighted by Gasteiger charge is -2.38. The van der Waals surface area contributed by atoms with E-state index in [1.165, 1.54) is 0 Å². The van der Waals surface area contributed by atoms with Crippen LogP contribution in [0.4, 0.5) is 0 Å². The highest BCUT2D eigenvalue weighted by molar-refractivity contribution is 8.59. The first-order chi connectivity index (χ1) is 15.1. The first-order valence-corrected chi connectivity index (χ1v) is 13.3. The van der Waals surface area contributed by atoms with Crippen molar-refractivity contribution in [2.24, 2.45) is 0 Å². The highest BCUT2D eigenvalue weighted by Gasteiger charge is 2.41. The topological polar surface area (TPSA) is 44.8 Å². The minimum absolute atomic E-state index is 0.304. The first-order valence-electron chi connectivity index (χ1n) is 10.3. The summed E-state index contributed by atoms with van der Waals surface area (Å²) >= 11 is 1.14. The van der Waals surface area contributed by atoms with Crippen LogP contribution in [0.2, 0.25) is 0 Å². The Morgan fingerprint density at radius 2 is 1.32 bits per heavy atom. The number of hydrogen-bond acceptors (Lipinski definition) is 5.